The third-order valence-electron chi connectivity index (χ3n) is 3.70. The Balaban J connectivity index is 1.65. The molecule has 1 aliphatic rings. The van der Waals surface area contributed by atoms with Crippen LogP contribution in [0.4, 0.5) is 5.95 Å². The fourth-order valence-electron chi connectivity index (χ4n) is 2.51. The Hall–Kier alpha value is -2.61. The Morgan fingerprint density at radius 2 is 2.14 bits per heavy atom. The normalized spacial score (nSPS) is 15.4. The van der Waals surface area contributed by atoms with Gasteiger partial charge < -0.3 is 23.9 Å². The first kappa shape index (κ1) is 13.1. The highest BCUT2D eigenvalue weighted by Crippen LogP contribution is 2.22. The lowest BCUT2D eigenvalue weighted by Crippen LogP contribution is -2.44. The van der Waals surface area contributed by atoms with Crippen LogP contribution in [0.5, 0.6) is 5.75 Å². The molecule has 0 saturated carbocycles. The average Bonchev–Trinajstić information content (AvgIpc) is 3.21. The first-order valence-electron chi connectivity index (χ1n) is 7.16. The van der Waals surface area contributed by atoms with Crippen LogP contribution in [0.1, 0.15) is 0 Å². The van der Waals surface area contributed by atoms with Crippen molar-refractivity contribution < 1.29 is 9.26 Å². The van der Waals surface area contributed by atoms with Crippen LogP contribution in [0.3, 0.4) is 0 Å². The van der Waals surface area contributed by atoms with Crippen LogP contribution in [-0.2, 0) is 0 Å². The van der Waals surface area contributed by atoms with Gasteiger partial charge in [0.1, 0.15) is 17.1 Å². The average molecular weight is 300 g/mol. The van der Waals surface area contributed by atoms with Crippen LogP contribution in [0.2, 0.25) is 0 Å². The number of pyridine rings is 1. The molecule has 3 aromatic rings. The van der Waals surface area contributed by atoms with Gasteiger partial charge in [0.25, 0.3) is 11.8 Å². The lowest BCUT2D eigenvalue weighted by Gasteiger charge is -2.25. The van der Waals surface area contributed by atoms with E-state index in [1.807, 2.05) is 28.9 Å². The van der Waals surface area contributed by atoms with Gasteiger partial charge in [0.2, 0.25) is 0 Å². The molecule has 8 heteroatoms. The number of rotatable bonds is 3. The summed E-state index contributed by atoms with van der Waals surface area (Å²) >= 11 is 0. The molecule has 0 amide bonds. The van der Waals surface area contributed by atoms with E-state index < -0.39 is 0 Å². The number of aromatic nitrogens is 4. The number of hydrogen-bond donors (Lipinski definition) is 1. The van der Waals surface area contributed by atoms with Gasteiger partial charge in [-0.3, -0.25) is 0 Å². The van der Waals surface area contributed by atoms with E-state index >= 15 is 0 Å². The van der Waals surface area contributed by atoms with E-state index in [1.165, 1.54) is 0 Å². The molecule has 1 N–H and O–H groups in total. The lowest BCUT2D eigenvalue weighted by molar-refractivity contribution is 0.414. The van der Waals surface area contributed by atoms with E-state index in [-0.39, 0.29) is 0 Å². The van der Waals surface area contributed by atoms with Crippen molar-refractivity contribution in [2.75, 3.05) is 38.2 Å². The smallest absolute Gasteiger partial charge is 0.279 e. The molecule has 114 valence electrons. The molecule has 0 bridgehead atoms. The second-order valence-corrected chi connectivity index (χ2v) is 5.09. The van der Waals surface area contributed by atoms with Gasteiger partial charge in [-0.1, -0.05) is 0 Å². The highest BCUT2D eigenvalue weighted by molar-refractivity contribution is 5.56. The summed E-state index contributed by atoms with van der Waals surface area (Å²) in [5.74, 6) is 1.80. The largest absolute Gasteiger partial charge is 0.497 e. The molecule has 0 atom stereocenters. The molecule has 0 aliphatic carbocycles. The number of ether oxygens (including phenoxy) is 1. The monoisotopic (exact) mass is 300 g/mol. The van der Waals surface area contributed by atoms with Gasteiger partial charge in [0.05, 0.1) is 7.11 Å². The Morgan fingerprint density at radius 1 is 1.27 bits per heavy atom. The summed E-state index contributed by atoms with van der Waals surface area (Å²) in [6.07, 6.45) is 3.75. The van der Waals surface area contributed by atoms with E-state index in [4.69, 9.17) is 9.26 Å². The molecule has 4 rings (SSSR count). The molecule has 3 aromatic heterocycles. The van der Waals surface area contributed by atoms with Gasteiger partial charge in [-0.25, -0.2) is 4.98 Å². The minimum atomic E-state index is 0.427. The van der Waals surface area contributed by atoms with Gasteiger partial charge in [0, 0.05) is 44.6 Å². The molecule has 22 heavy (non-hydrogen) atoms. The Labute approximate surface area is 126 Å². The molecular weight excluding hydrogens is 284 g/mol. The number of nitrogens with one attached hydrogen (secondary N) is 1. The maximum absolute atomic E-state index is 5.36. The lowest BCUT2D eigenvalue weighted by atomic mass is 10.4. The molecule has 0 unspecified atom stereocenters. The SMILES string of the molecule is COc1ccn2cc(-c3nc(N4CCNCC4)no3)nc2c1. The molecule has 0 radical (unpaired) electrons. The number of methoxy groups -OCH3 is 1. The van der Waals surface area contributed by atoms with E-state index in [0.29, 0.717) is 17.5 Å². The van der Waals surface area contributed by atoms with Crippen LogP contribution in [0, 0.1) is 0 Å². The summed E-state index contributed by atoms with van der Waals surface area (Å²) in [7, 11) is 1.63. The highest BCUT2D eigenvalue weighted by atomic mass is 16.5. The number of hydrogen-bond acceptors (Lipinski definition) is 7. The van der Waals surface area contributed by atoms with Gasteiger partial charge in [-0.15, -0.1) is 0 Å². The van der Waals surface area contributed by atoms with Gasteiger partial charge >= 0.3 is 0 Å². The zero-order valence-electron chi connectivity index (χ0n) is 12.2. The van der Waals surface area contributed by atoms with Crippen molar-refractivity contribution in [1.82, 2.24) is 24.8 Å². The Kier molecular flexibility index (Phi) is 3.15. The van der Waals surface area contributed by atoms with Crippen LogP contribution in [0.15, 0.2) is 29.0 Å². The molecule has 0 spiro atoms. The van der Waals surface area contributed by atoms with Crippen LogP contribution >= 0.6 is 0 Å². The first-order valence-corrected chi connectivity index (χ1v) is 7.16. The maximum Gasteiger partial charge on any atom is 0.279 e. The molecule has 4 heterocycles. The third kappa shape index (κ3) is 2.27. The maximum atomic E-state index is 5.36. The summed E-state index contributed by atoms with van der Waals surface area (Å²) < 4.78 is 12.5. The van der Waals surface area contributed by atoms with E-state index in [2.05, 4.69) is 25.3 Å². The van der Waals surface area contributed by atoms with Gasteiger partial charge in [-0.05, 0) is 11.2 Å². The number of imidazole rings is 1. The third-order valence-corrected chi connectivity index (χ3v) is 3.70. The molecule has 1 fully saturated rings. The van der Waals surface area contributed by atoms with Crippen LogP contribution < -0.4 is 15.0 Å². The predicted molar refractivity (Wildman–Crippen MR) is 80.1 cm³/mol. The standard InChI is InChI=1S/C14H16N6O2/c1-21-10-2-5-20-9-11(16-12(20)8-10)13-17-14(18-22-13)19-6-3-15-4-7-19/h2,5,8-9,15H,3-4,6-7H2,1H3. The van der Waals surface area contributed by atoms with Gasteiger partial charge in [0.15, 0.2) is 0 Å². The Bertz CT molecular complexity index is 790. The fourth-order valence-corrected chi connectivity index (χ4v) is 2.51. The topological polar surface area (TPSA) is 80.7 Å². The van der Waals surface area contributed by atoms with Crippen molar-refractivity contribution in [3.63, 3.8) is 0 Å². The number of piperazine rings is 1. The van der Waals surface area contributed by atoms with Crippen molar-refractivity contribution in [1.29, 1.82) is 0 Å². The summed E-state index contributed by atoms with van der Waals surface area (Å²) in [6, 6.07) is 3.73. The summed E-state index contributed by atoms with van der Waals surface area (Å²) in [5.41, 5.74) is 1.43. The van der Waals surface area contributed by atoms with Crippen molar-refractivity contribution >= 4 is 11.6 Å². The fraction of sp³-hybridized carbons (Fsp3) is 0.357. The summed E-state index contributed by atoms with van der Waals surface area (Å²) in [4.78, 5) is 11.1. The van der Waals surface area contributed by atoms with E-state index in [1.54, 1.807) is 7.11 Å². The van der Waals surface area contributed by atoms with Crippen molar-refractivity contribution in [3.05, 3.63) is 24.5 Å². The minimum absolute atomic E-state index is 0.427. The van der Waals surface area contributed by atoms with Crippen LogP contribution in [0.25, 0.3) is 17.2 Å². The van der Waals surface area contributed by atoms with Crippen molar-refractivity contribution in [2.45, 2.75) is 0 Å². The molecule has 0 aromatic carbocycles. The van der Waals surface area contributed by atoms with Crippen LogP contribution in [-0.4, -0.2) is 52.8 Å². The predicted octanol–water partition coefficient (Wildman–Crippen LogP) is 0.802. The molecule has 1 aliphatic heterocycles. The quantitative estimate of drug-likeness (QED) is 0.766. The number of nitrogens with zero attached hydrogens (tertiary/aromatic N) is 5. The molecule has 1 saturated heterocycles. The van der Waals surface area contributed by atoms with Crippen molar-refractivity contribution in [2.24, 2.45) is 0 Å². The summed E-state index contributed by atoms with van der Waals surface area (Å²) in [5, 5.41) is 7.35. The van der Waals surface area contributed by atoms with Crippen molar-refractivity contribution in [3.8, 4) is 17.3 Å². The zero-order chi connectivity index (χ0) is 14.9. The highest BCUT2D eigenvalue weighted by Gasteiger charge is 2.18. The molecular formula is C14H16N6O2. The Morgan fingerprint density at radius 3 is 2.95 bits per heavy atom. The second kappa shape index (κ2) is 5.30. The van der Waals surface area contributed by atoms with E-state index in [9.17, 15) is 0 Å². The molecule has 8 nitrogen and oxygen atoms in total. The number of fused-ring (bicyclic) bond motifs is 1. The van der Waals surface area contributed by atoms with E-state index in [0.717, 1.165) is 37.6 Å². The zero-order valence-corrected chi connectivity index (χ0v) is 12.2. The summed E-state index contributed by atoms with van der Waals surface area (Å²) in [6.45, 7) is 3.61. The minimum Gasteiger partial charge on any atom is -0.497 e. The second-order valence-electron chi connectivity index (χ2n) is 5.09. The first-order chi connectivity index (χ1) is 10.8. The number of anilines is 1. The van der Waals surface area contributed by atoms with Gasteiger partial charge in [-0.2, -0.15) is 4.98 Å².